The van der Waals surface area contributed by atoms with E-state index in [0.717, 1.165) is 19.8 Å². The zero-order chi connectivity index (χ0) is 31.2. The summed E-state index contributed by atoms with van der Waals surface area (Å²) in [6, 6.07) is 3.54. The molecule has 3 aliphatic carbocycles. The Morgan fingerprint density at radius 3 is 2.17 bits per heavy atom. The highest BCUT2D eigenvalue weighted by Gasteiger charge is 2.76. The van der Waals surface area contributed by atoms with E-state index < -0.39 is 74.7 Å². The van der Waals surface area contributed by atoms with Gasteiger partial charge in [0.15, 0.2) is 17.2 Å². The van der Waals surface area contributed by atoms with Crippen LogP contribution in [0.25, 0.3) is 0 Å². The molecule has 0 saturated heterocycles. The van der Waals surface area contributed by atoms with Crippen molar-refractivity contribution < 1.29 is 39.9 Å². The lowest BCUT2D eigenvalue weighted by Crippen LogP contribution is -2.73. The number of phenolic OH excluding ortho intramolecular Hbond substituents is 1. The summed E-state index contributed by atoms with van der Waals surface area (Å²) in [5.41, 5.74) is -6.23. The fourth-order valence-electron chi connectivity index (χ4n) is 7.99. The Hall–Kier alpha value is -2.97. The highest BCUT2D eigenvalue weighted by Crippen LogP contribution is 2.67. The molecule has 0 saturated carbocycles. The summed E-state index contributed by atoms with van der Waals surface area (Å²) >= 11 is 0. The molecule has 4 rings (SSSR count). The first-order chi connectivity index (χ1) is 18.7. The number of rotatable bonds is 5. The number of benzene rings is 1. The van der Waals surface area contributed by atoms with Crippen molar-refractivity contribution in [3.05, 3.63) is 51.5 Å². The summed E-state index contributed by atoms with van der Waals surface area (Å²) in [6.45, 7) is 15.6. The van der Waals surface area contributed by atoms with Gasteiger partial charge in [-0.3, -0.25) is 14.4 Å². The highest BCUT2D eigenvalue weighted by molar-refractivity contribution is 6.25. The summed E-state index contributed by atoms with van der Waals surface area (Å²) in [5.74, 6) is -6.82. The molecule has 0 heterocycles. The van der Waals surface area contributed by atoms with E-state index in [-0.39, 0.29) is 22.3 Å². The second-order valence-electron chi connectivity index (χ2n) is 14.3. The number of aromatic hydroxyl groups is 1. The maximum Gasteiger partial charge on any atom is 0.209 e. The molecule has 224 valence electrons. The average molecular weight is 569 g/mol. The summed E-state index contributed by atoms with van der Waals surface area (Å²) in [5, 5.41) is 58.8. The van der Waals surface area contributed by atoms with Gasteiger partial charge in [0.2, 0.25) is 5.78 Å². The van der Waals surface area contributed by atoms with Gasteiger partial charge in [-0.15, -0.1) is 0 Å². The quantitative estimate of drug-likeness (QED) is 0.302. The lowest BCUT2D eigenvalue weighted by molar-refractivity contribution is -0.211. The van der Waals surface area contributed by atoms with Crippen molar-refractivity contribution in [2.24, 2.45) is 28.1 Å². The minimum Gasteiger partial charge on any atom is -0.511 e. The number of carbonyl (C=O) groups is 3. The fraction of sp³-hybridized carbons (Fsp3) is 0.606. The summed E-state index contributed by atoms with van der Waals surface area (Å²) < 4.78 is 0. The van der Waals surface area contributed by atoms with Crippen LogP contribution in [-0.2, 0) is 16.0 Å². The van der Waals surface area contributed by atoms with Gasteiger partial charge >= 0.3 is 0 Å². The topological polar surface area (TPSA) is 152 Å². The van der Waals surface area contributed by atoms with Gasteiger partial charge in [0.05, 0.1) is 17.2 Å². The van der Waals surface area contributed by atoms with E-state index >= 15 is 0 Å². The van der Waals surface area contributed by atoms with Gasteiger partial charge < -0.3 is 25.5 Å². The van der Waals surface area contributed by atoms with Crippen molar-refractivity contribution in [3.8, 4) is 5.75 Å². The van der Waals surface area contributed by atoms with Crippen LogP contribution in [0.4, 0.5) is 0 Å². The zero-order valence-electron chi connectivity index (χ0n) is 25.5. The number of Topliss-reactive ketones (excluding diaryl/α,β-unsaturated/α-hetero) is 3. The van der Waals surface area contributed by atoms with E-state index in [1.165, 1.54) is 6.92 Å². The molecule has 0 radical (unpaired) electrons. The lowest BCUT2D eigenvalue weighted by Gasteiger charge is -2.63. The van der Waals surface area contributed by atoms with E-state index in [4.69, 9.17) is 0 Å². The number of aryl methyl sites for hydroxylation is 1. The number of allylic oxidation sites excluding steroid dienone is 1. The maximum atomic E-state index is 14.2. The Morgan fingerprint density at radius 2 is 1.66 bits per heavy atom. The van der Waals surface area contributed by atoms with Gasteiger partial charge in [-0.25, -0.2) is 0 Å². The van der Waals surface area contributed by atoms with E-state index in [0.29, 0.717) is 17.5 Å². The predicted octanol–water partition coefficient (Wildman–Crippen LogP) is 5.25. The largest absolute Gasteiger partial charge is 0.511 e. The molecule has 3 aliphatic rings. The fourth-order valence-corrected chi connectivity index (χ4v) is 7.99. The van der Waals surface area contributed by atoms with Crippen LogP contribution in [0, 0.1) is 28.1 Å². The molecule has 0 aromatic heterocycles. The van der Waals surface area contributed by atoms with Crippen molar-refractivity contribution in [1.29, 1.82) is 0 Å². The van der Waals surface area contributed by atoms with Crippen LogP contribution >= 0.6 is 0 Å². The van der Waals surface area contributed by atoms with Gasteiger partial charge in [-0.05, 0) is 54.6 Å². The molecule has 41 heavy (non-hydrogen) atoms. The summed E-state index contributed by atoms with van der Waals surface area (Å²) in [7, 11) is 0. The molecule has 0 bridgehead atoms. The van der Waals surface area contributed by atoms with Crippen molar-refractivity contribution in [2.45, 2.75) is 99.2 Å². The number of hydrogen-bond acceptors (Lipinski definition) is 8. The van der Waals surface area contributed by atoms with Crippen LogP contribution in [0.3, 0.4) is 0 Å². The monoisotopic (exact) mass is 568 g/mol. The molecule has 0 amide bonds. The standard InChI is InChI=1S/C33H44O8/c1-15(2)22-25(36)20(17(4)34)27(38)33(41)28(39)23-26(37)21-19(16(3)31(23,8)29(40)32(22,33)9)13-12-18(24(21)35)11-10-14-30(5,6)7/h12-13,15-16,22,29,35-36,39-41H,10-11,14H2,1-9H3/t16-,22?,29-,31+,32+,33+/m1/s1. The third kappa shape index (κ3) is 3.89. The number of aliphatic hydroxyl groups excluding tert-OH is 3. The molecule has 1 aromatic carbocycles. The number of aliphatic hydroxyl groups is 4. The molecule has 0 aliphatic heterocycles. The molecule has 1 unspecified atom stereocenters. The Bertz CT molecular complexity index is 1410. The van der Waals surface area contributed by atoms with Crippen molar-refractivity contribution in [2.75, 3.05) is 0 Å². The van der Waals surface area contributed by atoms with Gasteiger partial charge in [0, 0.05) is 16.7 Å². The molecular formula is C33H44O8. The molecule has 0 fully saturated rings. The first kappa shape index (κ1) is 31.0. The van der Waals surface area contributed by atoms with Crippen LogP contribution in [0.1, 0.15) is 103 Å². The van der Waals surface area contributed by atoms with Crippen LogP contribution in [0.15, 0.2) is 34.8 Å². The first-order valence-corrected chi connectivity index (χ1v) is 14.4. The van der Waals surface area contributed by atoms with Crippen molar-refractivity contribution in [3.63, 3.8) is 0 Å². The third-order valence-corrected chi connectivity index (χ3v) is 10.3. The molecular weight excluding hydrogens is 524 g/mol. The van der Waals surface area contributed by atoms with E-state index in [1.54, 1.807) is 39.8 Å². The number of hydrogen-bond donors (Lipinski definition) is 5. The second-order valence-corrected chi connectivity index (χ2v) is 14.3. The van der Waals surface area contributed by atoms with E-state index in [2.05, 4.69) is 20.8 Å². The smallest absolute Gasteiger partial charge is 0.209 e. The Morgan fingerprint density at radius 1 is 1.07 bits per heavy atom. The number of carbonyl (C=O) groups excluding carboxylic acids is 3. The van der Waals surface area contributed by atoms with Crippen molar-refractivity contribution in [1.82, 2.24) is 0 Å². The summed E-state index contributed by atoms with van der Waals surface area (Å²) in [6.07, 6.45) is 0.564. The van der Waals surface area contributed by atoms with Gasteiger partial charge in [0.1, 0.15) is 22.8 Å². The van der Waals surface area contributed by atoms with Crippen LogP contribution in [0.5, 0.6) is 5.75 Å². The molecule has 6 atom stereocenters. The zero-order valence-corrected chi connectivity index (χ0v) is 25.5. The minimum absolute atomic E-state index is 0.0296. The molecule has 8 heteroatoms. The molecule has 0 spiro atoms. The van der Waals surface area contributed by atoms with E-state index in [1.807, 2.05) is 0 Å². The number of phenols is 1. The molecule has 1 aromatic rings. The normalized spacial score (nSPS) is 33.6. The second kappa shape index (κ2) is 9.53. The van der Waals surface area contributed by atoms with Crippen LogP contribution in [-0.4, -0.2) is 54.6 Å². The van der Waals surface area contributed by atoms with Gasteiger partial charge in [-0.1, -0.05) is 67.5 Å². The Labute approximate surface area is 241 Å². The van der Waals surface area contributed by atoms with Crippen molar-refractivity contribution >= 4 is 17.3 Å². The minimum atomic E-state index is -2.88. The number of ketones is 3. The maximum absolute atomic E-state index is 14.2. The third-order valence-electron chi connectivity index (χ3n) is 10.3. The SMILES string of the molecule is CC(=O)C1=C(O)C(C(C)C)[C@@]2(C)[C@H](O)[C@]3(C)C(=C(O)[C@@]2(O)C1=O)C(=O)c1c(ccc(CCCC(C)(C)C)c1O)[C@H]3C. The first-order valence-electron chi connectivity index (χ1n) is 14.4. The van der Waals surface area contributed by atoms with Crippen LogP contribution in [0.2, 0.25) is 0 Å². The summed E-state index contributed by atoms with van der Waals surface area (Å²) in [4.78, 5) is 40.6. The highest BCUT2D eigenvalue weighted by atomic mass is 16.4. The van der Waals surface area contributed by atoms with Gasteiger partial charge in [0.25, 0.3) is 0 Å². The van der Waals surface area contributed by atoms with Gasteiger partial charge in [-0.2, -0.15) is 0 Å². The van der Waals surface area contributed by atoms with Crippen LogP contribution < -0.4 is 0 Å². The van der Waals surface area contributed by atoms with E-state index in [9.17, 15) is 39.9 Å². The molecule has 8 nitrogen and oxygen atoms in total. The number of fused-ring (bicyclic) bond motifs is 3. The molecule has 5 N–H and O–H groups in total. The average Bonchev–Trinajstić information content (AvgIpc) is 2.84. The Balaban J connectivity index is 2.00. The lowest BCUT2D eigenvalue weighted by atomic mass is 9.41. The Kier molecular flexibility index (Phi) is 7.20. The predicted molar refractivity (Wildman–Crippen MR) is 154 cm³/mol.